The smallest absolute Gasteiger partial charge is 0.340 e. The molecule has 0 saturated carbocycles. The Bertz CT molecular complexity index is 1320. The minimum atomic E-state index is -1.16. The topological polar surface area (TPSA) is 77.5 Å². The zero-order chi connectivity index (χ0) is 23.4. The van der Waals surface area contributed by atoms with Crippen molar-refractivity contribution in [1.29, 1.82) is 0 Å². The van der Waals surface area contributed by atoms with Gasteiger partial charge in [0.2, 0.25) is 6.10 Å². The number of esters is 1. The quantitative estimate of drug-likeness (QED) is 0.406. The van der Waals surface area contributed by atoms with Crippen molar-refractivity contribution in [1.82, 2.24) is 4.98 Å². The van der Waals surface area contributed by atoms with E-state index in [1.807, 2.05) is 50.2 Å². The molecule has 1 N–H and O–H groups in total. The largest absolute Gasteiger partial charge is 0.495 e. The third kappa shape index (κ3) is 4.85. The number of nitrogens with zero attached hydrogens (tertiary/aromatic N) is 1. The molecule has 1 amide bonds. The molecule has 6 heteroatoms. The van der Waals surface area contributed by atoms with Gasteiger partial charge in [0.25, 0.3) is 5.91 Å². The van der Waals surface area contributed by atoms with E-state index < -0.39 is 18.0 Å². The number of para-hydroxylation sites is 1. The third-order valence-corrected chi connectivity index (χ3v) is 5.24. The van der Waals surface area contributed by atoms with Crippen LogP contribution < -0.4 is 10.1 Å². The van der Waals surface area contributed by atoms with Crippen molar-refractivity contribution in [2.75, 3.05) is 12.4 Å². The SMILES string of the molecule is COc1ccc(C)cc1NC(=O)C(OC(=O)c1cc(C)nc2ccccc12)c1ccccc1. The summed E-state index contributed by atoms with van der Waals surface area (Å²) in [4.78, 5) is 31.1. The summed E-state index contributed by atoms with van der Waals surface area (Å²) in [5, 5.41) is 3.52. The highest BCUT2D eigenvalue weighted by Crippen LogP contribution is 2.29. The molecule has 0 radical (unpaired) electrons. The van der Waals surface area contributed by atoms with Gasteiger partial charge in [-0.3, -0.25) is 9.78 Å². The molecule has 166 valence electrons. The number of ether oxygens (including phenoxy) is 2. The highest BCUT2D eigenvalue weighted by atomic mass is 16.5. The molecule has 0 aliphatic rings. The van der Waals surface area contributed by atoms with Crippen LogP contribution in [0.4, 0.5) is 5.69 Å². The highest BCUT2D eigenvalue weighted by molar-refractivity contribution is 6.05. The molecule has 0 aliphatic carbocycles. The Morgan fingerprint density at radius 2 is 1.64 bits per heavy atom. The minimum absolute atomic E-state index is 0.361. The summed E-state index contributed by atoms with van der Waals surface area (Å²) in [5.41, 5.74) is 3.76. The van der Waals surface area contributed by atoms with Crippen molar-refractivity contribution in [3.05, 3.63) is 101 Å². The van der Waals surface area contributed by atoms with Gasteiger partial charge >= 0.3 is 5.97 Å². The lowest BCUT2D eigenvalue weighted by molar-refractivity contribution is -0.125. The van der Waals surface area contributed by atoms with Crippen LogP contribution in [-0.2, 0) is 9.53 Å². The maximum Gasteiger partial charge on any atom is 0.340 e. The van der Waals surface area contributed by atoms with E-state index in [1.165, 1.54) is 7.11 Å². The van der Waals surface area contributed by atoms with Crippen LogP contribution in [0.5, 0.6) is 5.75 Å². The monoisotopic (exact) mass is 440 g/mol. The van der Waals surface area contributed by atoms with Crippen molar-refractivity contribution in [2.24, 2.45) is 0 Å². The van der Waals surface area contributed by atoms with Crippen molar-refractivity contribution in [3.8, 4) is 5.75 Å². The molecule has 0 saturated heterocycles. The summed E-state index contributed by atoms with van der Waals surface area (Å²) in [7, 11) is 1.53. The second-order valence-electron chi connectivity index (χ2n) is 7.72. The second-order valence-corrected chi connectivity index (χ2v) is 7.72. The molecule has 0 fully saturated rings. The van der Waals surface area contributed by atoms with Gasteiger partial charge in [-0.1, -0.05) is 54.6 Å². The predicted molar refractivity (Wildman–Crippen MR) is 127 cm³/mol. The summed E-state index contributed by atoms with van der Waals surface area (Å²) in [6.07, 6.45) is -1.16. The van der Waals surface area contributed by atoms with Crippen LogP contribution in [0, 0.1) is 13.8 Å². The van der Waals surface area contributed by atoms with E-state index in [9.17, 15) is 9.59 Å². The molecule has 1 atom stereocenters. The first-order chi connectivity index (χ1) is 16.0. The molecular formula is C27H24N2O4. The molecule has 0 aliphatic heterocycles. The number of nitrogens with one attached hydrogen (secondary N) is 1. The molecule has 0 bridgehead atoms. The summed E-state index contributed by atoms with van der Waals surface area (Å²) in [6, 6.07) is 23.4. The van der Waals surface area contributed by atoms with Crippen molar-refractivity contribution < 1.29 is 19.1 Å². The average Bonchev–Trinajstić information content (AvgIpc) is 2.82. The fourth-order valence-electron chi connectivity index (χ4n) is 3.67. The molecule has 33 heavy (non-hydrogen) atoms. The van der Waals surface area contributed by atoms with Crippen LogP contribution >= 0.6 is 0 Å². The van der Waals surface area contributed by atoms with Crippen LogP contribution in [0.15, 0.2) is 78.9 Å². The Morgan fingerprint density at radius 1 is 0.909 bits per heavy atom. The number of rotatable bonds is 6. The Hall–Kier alpha value is -4.19. The van der Waals surface area contributed by atoms with Gasteiger partial charge in [0, 0.05) is 16.6 Å². The van der Waals surface area contributed by atoms with E-state index in [4.69, 9.17) is 9.47 Å². The van der Waals surface area contributed by atoms with Crippen LogP contribution in [0.25, 0.3) is 10.9 Å². The number of fused-ring (bicyclic) bond motifs is 1. The first-order valence-electron chi connectivity index (χ1n) is 10.5. The summed E-state index contributed by atoms with van der Waals surface area (Å²) in [5.74, 6) is -0.562. The number of pyridine rings is 1. The van der Waals surface area contributed by atoms with Gasteiger partial charge in [0.15, 0.2) is 0 Å². The molecular weight excluding hydrogens is 416 g/mol. The number of hydrogen-bond donors (Lipinski definition) is 1. The van der Waals surface area contributed by atoms with Gasteiger partial charge in [-0.25, -0.2) is 4.79 Å². The number of carbonyl (C=O) groups is 2. The van der Waals surface area contributed by atoms with Crippen molar-refractivity contribution in [3.63, 3.8) is 0 Å². The zero-order valence-electron chi connectivity index (χ0n) is 18.7. The first-order valence-corrected chi connectivity index (χ1v) is 10.5. The van der Waals surface area contributed by atoms with E-state index >= 15 is 0 Å². The molecule has 1 heterocycles. The first kappa shape index (κ1) is 22.0. The van der Waals surface area contributed by atoms with Gasteiger partial charge in [0.05, 0.1) is 23.9 Å². The standard InChI is InChI=1S/C27H24N2O4/c1-17-13-14-24(32-3)23(15-17)29-26(30)25(19-9-5-4-6-10-19)33-27(31)21-16-18(2)28-22-12-8-7-11-20(21)22/h4-16,25H,1-3H3,(H,29,30). The van der Waals surface area contributed by atoms with Crippen molar-refractivity contribution in [2.45, 2.75) is 20.0 Å². The molecule has 1 aromatic heterocycles. The molecule has 4 rings (SSSR count). The number of amides is 1. The lowest BCUT2D eigenvalue weighted by Crippen LogP contribution is -2.26. The summed E-state index contributed by atoms with van der Waals surface area (Å²) < 4.78 is 11.2. The Morgan fingerprint density at radius 3 is 2.39 bits per heavy atom. The van der Waals surface area contributed by atoms with Gasteiger partial charge in [-0.05, 0) is 43.7 Å². The third-order valence-electron chi connectivity index (χ3n) is 5.24. The predicted octanol–water partition coefficient (Wildman–Crippen LogP) is 5.40. The van der Waals surface area contributed by atoms with Gasteiger partial charge < -0.3 is 14.8 Å². The van der Waals surface area contributed by atoms with E-state index in [-0.39, 0.29) is 0 Å². The maximum absolute atomic E-state index is 13.3. The molecule has 3 aromatic carbocycles. The number of methoxy groups -OCH3 is 1. The Labute approximate surface area is 192 Å². The van der Waals surface area contributed by atoms with Gasteiger partial charge in [-0.2, -0.15) is 0 Å². The summed E-state index contributed by atoms with van der Waals surface area (Å²) in [6.45, 7) is 3.73. The number of aromatic nitrogens is 1. The number of carbonyl (C=O) groups excluding carboxylic acids is 2. The minimum Gasteiger partial charge on any atom is -0.495 e. The second kappa shape index (κ2) is 9.53. The van der Waals surface area contributed by atoms with E-state index in [0.717, 1.165) is 5.56 Å². The highest BCUT2D eigenvalue weighted by Gasteiger charge is 2.27. The lowest BCUT2D eigenvalue weighted by atomic mass is 10.1. The number of anilines is 1. The molecule has 1 unspecified atom stereocenters. The number of hydrogen-bond acceptors (Lipinski definition) is 5. The van der Waals surface area contributed by atoms with Crippen LogP contribution in [0.2, 0.25) is 0 Å². The maximum atomic E-state index is 13.3. The molecule has 0 spiro atoms. The van der Waals surface area contributed by atoms with Crippen LogP contribution in [0.1, 0.15) is 33.3 Å². The average molecular weight is 440 g/mol. The Kier molecular flexibility index (Phi) is 6.36. The van der Waals surface area contributed by atoms with E-state index in [1.54, 1.807) is 42.5 Å². The molecule has 4 aromatic rings. The summed E-state index contributed by atoms with van der Waals surface area (Å²) >= 11 is 0. The van der Waals surface area contributed by atoms with Crippen molar-refractivity contribution >= 4 is 28.5 Å². The number of benzene rings is 3. The fraction of sp³-hybridized carbons (Fsp3) is 0.148. The fourth-order valence-corrected chi connectivity index (χ4v) is 3.67. The Balaban J connectivity index is 1.69. The number of aryl methyl sites for hydroxylation is 2. The van der Waals surface area contributed by atoms with Gasteiger partial charge in [0.1, 0.15) is 5.75 Å². The zero-order valence-corrected chi connectivity index (χ0v) is 18.7. The van der Waals surface area contributed by atoms with Crippen LogP contribution in [-0.4, -0.2) is 24.0 Å². The van der Waals surface area contributed by atoms with E-state index in [2.05, 4.69) is 10.3 Å². The van der Waals surface area contributed by atoms with E-state index in [0.29, 0.717) is 39.2 Å². The molecule has 6 nitrogen and oxygen atoms in total. The van der Waals surface area contributed by atoms with Crippen LogP contribution in [0.3, 0.4) is 0 Å². The normalized spacial score (nSPS) is 11.6. The lowest BCUT2D eigenvalue weighted by Gasteiger charge is -2.20. The van der Waals surface area contributed by atoms with Gasteiger partial charge in [-0.15, -0.1) is 0 Å².